The van der Waals surface area contributed by atoms with Gasteiger partial charge in [-0.25, -0.2) is 22.2 Å². The molecule has 0 aliphatic heterocycles. The van der Waals surface area contributed by atoms with E-state index in [1.54, 1.807) is 13.0 Å². The number of anilines is 2. The summed E-state index contributed by atoms with van der Waals surface area (Å²) in [5.41, 5.74) is 0.725. The average molecular weight is 403 g/mol. The third kappa shape index (κ3) is 3.89. The maximum atomic E-state index is 14.0. The number of benzene rings is 2. The molecule has 0 bridgehead atoms. The number of hydrogen-bond acceptors (Lipinski definition) is 6. The molecule has 2 aromatic carbocycles. The van der Waals surface area contributed by atoms with Gasteiger partial charge in [0.15, 0.2) is 6.29 Å². The molecule has 3 rings (SSSR count). The van der Waals surface area contributed by atoms with Gasteiger partial charge < -0.3 is 5.32 Å². The summed E-state index contributed by atoms with van der Waals surface area (Å²) in [6.45, 7) is 1.60. The molecule has 0 saturated heterocycles. The molecule has 0 amide bonds. The van der Waals surface area contributed by atoms with Crippen molar-refractivity contribution in [1.82, 2.24) is 9.97 Å². The zero-order valence-corrected chi connectivity index (χ0v) is 15.7. The van der Waals surface area contributed by atoms with E-state index in [1.807, 2.05) is 0 Å². The van der Waals surface area contributed by atoms with Crippen LogP contribution >= 0.6 is 0 Å². The quantitative estimate of drug-likeness (QED) is 0.516. The van der Waals surface area contributed by atoms with Crippen molar-refractivity contribution in [2.75, 3.05) is 11.6 Å². The molecule has 3 aromatic rings. The van der Waals surface area contributed by atoms with Crippen molar-refractivity contribution < 1.29 is 22.0 Å². The monoisotopic (exact) mass is 403 g/mol. The van der Waals surface area contributed by atoms with Gasteiger partial charge in [-0.1, -0.05) is 12.1 Å². The van der Waals surface area contributed by atoms with Gasteiger partial charge in [0.1, 0.15) is 17.5 Å². The van der Waals surface area contributed by atoms with Gasteiger partial charge in [0.2, 0.25) is 15.0 Å². The van der Waals surface area contributed by atoms with E-state index in [2.05, 4.69) is 15.3 Å². The van der Waals surface area contributed by atoms with E-state index in [4.69, 9.17) is 0 Å². The first kappa shape index (κ1) is 19.6. The third-order valence-corrected chi connectivity index (χ3v) is 4.79. The molecule has 6 nitrogen and oxygen atoms in total. The van der Waals surface area contributed by atoms with Crippen LogP contribution in [0.25, 0.3) is 11.3 Å². The van der Waals surface area contributed by atoms with Crippen molar-refractivity contribution in [2.45, 2.75) is 12.1 Å². The van der Waals surface area contributed by atoms with Crippen LogP contribution in [0.2, 0.25) is 0 Å². The first-order chi connectivity index (χ1) is 13.2. The number of nitrogens with one attached hydrogen (secondary N) is 1. The Kier molecular flexibility index (Phi) is 5.19. The molecule has 0 unspecified atom stereocenters. The normalized spacial score (nSPS) is 11.3. The number of para-hydroxylation sites is 1. The van der Waals surface area contributed by atoms with Crippen LogP contribution < -0.4 is 5.32 Å². The van der Waals surface area contributed by atoms with Crippen molar-refractivity contribution in [3.8, 4) is 11.3 Å². The van der Waals surface area contributed by atoms with Crippen molar-refractivity contribution in [3.63, 3.8) is 0 Å². The third-order valence-electron chi connectivity index (χ3n) is 3.95. The Hall–Kier alpha value is -3.20. The van der Waals surface area contributed by atoms with Gasteiger partial charge in [-0.05, 0) is 42.8 Å². The first-order valence-electron chi connectivity index (χ1n) is 8.06. The van der Waals surface area contributed by atoms with Crippen LogP contribution in [0.4, 0.5) is 20.3 Å². The van der Waals surface area contributed by atoms with E-state index < -0.39 is 26.6 Å². The van der Waals surface area contributed by atoms with Gasteiger partial charge in [0, 0.05) is 11.8 Å². The van der Waals surface area contributed by atoms with Crippen LogP contribution in [0.1, 0.15) is 15.9 Å². The smallest absolute Gasteiger partial charge is 0.249 e. The molecule has 1 N–H and O–H groups in total. The van der Waals surface area contributed by atoms with Crippen molar-refractivity contribution in [3.05, 3.63) is 65.2 Å². The Labute approximate surface area is 160 Å². The fourth-order valence-electron chi connectivity index (χ4n) is 2.61. The minimum atomic E-state index is -3.85. The molecule has 0 fully saturated rings. The molecule has 9 heteroatoms. The highest BCUT2D eigenvalue weighted by Gasteiger charge is 2.22. The number of aldehydes is 1. The summed E-state index contributed by atoms with van der Waals surface area (Å²) in [6.07, 6.45) is 1.35. The largest absolute Gasteiger partial charge is 0.337 e. The molecule has 0 saturated carbocycles. The summed E-state index contributed by atoms with van der Waals surface area (Å²) in [4.78, 5) is 19.7. The van der Waals surface area contributed by atoms with Crippen molar-refractivity contribution in [1.29, 1.82) is 0 Å². The minimum absolute atomic E-state index is 0.00163. The lowest BCUT2D eigenvalue weighted by Crippen LogP contribution is -2.11. The Morgan fingerprint density at radius 2 is 1.79 bits per heavy atom. The van der Waals surface area contributed by atoms with Crippen LogP contribution in [-0.2, 0) is 9.84 Å². The SMILES string of the molecule is Cc1cc(F)ccc1-c1nc(S(C)(=O)=O)nc(Nc2ccccc2F)c1C=O. The first-order valence-corrected chi connectivity index (χ1v) is 9.95. The number of carbonyl (C=O) groups excluding carboxylic acids is 1. The molecule has 144 valence electrons. The Morgan fingerprint density at radius 3 is 2.39 bits per heavy atom. The molecule has 1 heterocycles. The highest BCUT2D eigenvalue weighted by Crippen LogP contribution is 2.31. The van der Waals surface area contributed by atoms with Crippen LogP contribution in [0.15, 0.2) is 47.6 Å². The number of aryl methyl sites for hydroxylation is 1. The average Bonchev–Trinajstić information content (AvgIpc) is 2.62. The van der Waals surface area contributed by atoms with E-state index in [9.17, 15) is 22.0 Å². The van der Waals surface area contributed by atoms with Crippen LogP contribution in [0.5, 0.6) is 0 Å². The molecule has 0 spiro atoms. The maximum absolute atomic E-state index is 14.0. The van der Waals surface area contributed by atoms with E-state index in [-0.39, 0.29) is 22.8 Å². The molecule has 0 atom stereocenters. The number of rotatable bonds is 5. The summed E-state index contributed by atoms with van der Waals surface area (Å²) in [6, 6.07) is 9.45. The van der Waals surface area contributed by atoms with Crippen molar-refractivity contribution in [2.24, 2.45) is 0 Å². The minimum Gasteiger partial charge on any atom is -0.337 e. The molecule has 0 aliphatic carbocycles. The van der Waals surface area contributed by atoms with Crippen molar-refractivity contribution >= 4 is 27.6 Å². The Bertz CT molecular complexity index is 1180. The summed E-state index contributed by atoms with van der Waals surface area (Å²) in [5.74, 6) is -1.27. The van der Waals surface area contributed by atoms with Gasteiger partial charge in [0.25, 0.3) is 0 Å². The second-order valence-corrected chi connectivity index (χ2v) is 7.98. The van der Waals surface area contributed by atoms with Gasteiger partial charge in [0.05, 0.1) is 16.9 Å². The highest BCUT2D eigenvalue weighted by atomic mass is 32.2. The van der Waals surface area contributed by atoms with Crippen LogP contribution in [0, 0.1) is 18.6 Å². The summed E-state index contributed by atoms with van der Waals surface area (Å²) < 4.78 is 51.6. The fraction of sp³-hybridized carbons (Fsp3) is 0.105. The van der Waals surface area contributed by atoms with Gasteiger partial charge in [-0.2, -0.15) is 4.98 Å². The van der Waals surface area contributed by atoms with Gasteiger partial charge in [-0.15, -0.1) is 0 Å². The standard InChI is InChI=1S/C19H15F2N3O3S/c1-11-9-12(20)7-8-13(11)17-14(10-25)18(24-19(23-17)28(2,26)27)22-16-6-4-3-5-15(16)21/h3-10H,1-2H3,(H,22,23,24). The lowest BCUT2D eigenvalue weighted by molar-refractivity contribution is 0.112. The Morgan fingerprint density at radius 1 is 1.07 bits per heavy atom. The second kappa shape index (κ2) is 7.43. The molecular weight excluding hydrogens is 388 g/mol. The number of hydrogen-bond donors (Lipinski definition) is 1. The molecule has 0 aliphatic rings. The van der Waals surface area contributed by atoms with Crippen LogP contribution in [0.3, 0.4) is 0 Å². The van der Waals surface area contributed by atoms with E-state index >= 15 is 0 Å². The topological polar surface area (TPSA) is 89.0 Å². The maximum Gasteiger partial charge on any atom is 0.249 e. The lowest BCUT2D eigenvalue weighted by Gasteiger charge is -2.14. The molecule has 0 radical (unpaired) electrons. The van der Waals surface area contributed by atoms with Crippen LogP contribution in [-0.4, -0.2) is 30.9 Å². The predicted octanol–water partition coefficient (Wildman–Crippen LogP) is 3.69. The van der Waals surface area contributed by atoms with Gasteiger partial charge in [-0.3, -0.25) is 4.79 Å². The molecule has 1 aromatic heterocycles. The Balaban J connectivity index is 2.30. The number of aromatic nitrogens is 2. The summed E-state index contributed by atoms with van der Waals surface area (Å²) in [7, 11) is -3.85. The molecule has 28 heavy (non-hydrogen) atoms. The zero-order valence-electron chi connectivity index (χ0n) is 14.9. The van der Waals surface area contributed by atoms with Gasteiger partial charge >= 0.3 is 0 Å². The number of nitrogens with zero attached hydrogens (tertiary/aromatic N) is 2. The summed E-state index contributed by atoms with van der Waals surface area (Å²) in [5, 5.41) is 2.10. The lowest BCUT2D eigenvalue weighted by atomic mass is 10.0. The zero-order chi connectivity index (χ0) is 20.5. The van der Waals surface area contributed by atoms with E-state index in [0.29, 0.717) is 17.4 Å². The van der Waals surface area contributed by atoms with E-state index in [1.165, 1.54) is 36.4 Å². The number of sulfone groups is 1. The highest BCUT2D eigenvalue weighted by molar-refractivity contribution is 7.90. The molecular formula is C19H15F2N3O3S. The number of carbonyl (C=O) groups is 1. The summed E-state index contributed by atoms with van der Waals surface area (Å²) >= 11 is 0. The fourth-order valence-corrected chi connectivity index (χ4v) is 3.12. The predicted molar refractivity (Wildman–Crippen MR) is 100 cm³/mol. The second-order valence-electron chi connectivity index (χ2n) is 6.07. The number of halogens is 2. The van der Waals surface area contributed by atoms with E-state index in [0.717, 1.165) is 6.26 Å².